The van der Waals surface area contributed by atoms with Crippen LogP contribution >= 0.6 is 0 Å². The Morgan fingerprint density at radius 3 is 2.30 bits per heavy atom. The summed E-state index contributed by atoms with van der Waals surface area (Å²) in [5.41, 5.74) is 6.07. The van der Waals surface area contributed by atoms with E-state index in [-0.39, 0.29) is 30.2 Å². The number of nitrogens with two attached hydrogens (primary N) is 1. The van der Waals surface area contributed by atoms with Crippen molar-refractivity contribution < 1.29 is 9.47 Å². The van der Waals surface area contributed by atoms with Crippen molar-refractivity contribution in [1.29, 1.82) is 0 Å². The van der Waals surface area contributed by atoms with Crippen molar-refractivity contribution in [3.05, 3.63) is 0 Å². The lowest BCUT2D eigenvalue weighted by Gasteiger charge is -2.33. The van der Waals surface area contributed by atoms with E-state index in [2.05, 4.69) is 28.8 Å². The number of nitrogen functional groups attached to an aromatic ring is 1. The molecule has 6 heteroatoms. The van der Waals surface area contributed by atoms with E-state index in [0.29, 0.717) is 5.41 Å². The minimum atomic E-state index is -0.0138. The molecule has 20 heavy (non-hydrogen) atoms. The molecule has 1 fully saturated rings. The predicted octanol–water partition coefficient (Wildman–Crippen LogP) is 2.59. The van der Waals surface area contributed by atoms with Crippen molar-refractivity contribution in [3.63, 3.8) is 0 Å². The van der Waals surface area contributed by atoms with E-state index in [4.69, 9.17) is 15.2 Å². The molecule has 1 saturated carbocycles. The highest BCUT2D eigenvalue weighted by Crippen LogP contribution is 2.36. The zero-order chi connectivity index (χ0) is 14.8. The first-order chi connectivity index (χ1) is 9.34. The molecule has 0 aromatic carbocycles. The molecule has 1 aromatic rings. The number of anilines is 1. The fourth-order valence-electron chi connectivity index (χ4n) is 2.31. The minimum absolute atomic E-state index is 0.0138. The Bertz CT molecular complexity index is 452. The summed E-state index contributed by atoms with van der Waals surface area (Å²) < 4.78 is 11.3. The van der Waals surface area contributed by atoms with Gasteiger partial charge < -0.3 is 15.2 Å². The maximum absolute atomic E-state index is 5.83. The van der Waals surface area contributed by atoms with Gasteiger partial charge in [0.15, 0.2) is 0 Å². The average Bonchev–Trinajstić information content (AvgIpc) is 2.30. The maximum Gasteiger partial charge on any atom is 0.324 e. The molecule has 0 unspecified atom stereocenters. The van der Waals surface area contributed by atoms with Crippen LogP contribution in [0.4, 0.5) is 5.95 Å². The number of nitrogens with zero attached hydrogens (tertiary/aromatic N) is 3. The van der Waals surface area contributed by atoms with Crippen LogP contribution in [0.2, 0.25) is 0 Å². The molecular weight excluding hydrogens is 256 g/mol. The first-order valence-corrected chi connectivity index (χ1v) is 7.19. The Morgan fingerprint density at radius 1 is 1.10 bits per heavy atom. The quantitative estimate of drug-likeness (QED) is 0.912. The molecule has 2 N–H and O–H groups in total. The van der Waals surface area contributed by atoms with Crippen molar-refractivity contribution in [3.8, 4) is 12.0 Å². The molecule has 0 amide bonds. The molecule has 1 aliphatic rings. The van der Waals surface area contributed by atoms with E-state index in [9.17, 15) is 0 Å². The van der Waals surface area contributed by atoms with Gasteiger partial charge in [0, 0.05) is 0 Å². The van der Waals surface area contributed by atoms with E-state index in [1.165, 1.54) is 0 Å². The molecule has 1 heterocycles. The van der Waals surface area contributed by atoms with Gasteiger partial charge in [0.05, 0.1) is 6.10 Å². The summed E-state index contributed by atoms with van der Waals surface area (Å²) in [5.74, 6) is 0.127. The highest BCUT2D eigenvalue weighted by atomic mass is 16.5. The summed E-state index contributed by atoms with van der Waals surface area (Å²) in [6, 6.07) is 0.483. The van der Waals surface area contributed by atoms with Gasteiger partial charge in [-0.25, -0.2) is 0 Å². The van der Waals surface area contributed by atoms with E-state index in [0.717, 1.165) is 25.7 Å². The number of ether oxygens (including phenoxy) is 2. The van der Waals surface area contributed by atoms with Crippen LogP contribution in [0.25, 0.3) is 0 Å². The van der Waals surface area contributed by atoms with Crippen LogP contribution in [-0.4, -0.2) is 27.2 Å². The SMILES string of the molecule is CC(C)Oc1nc(N)nc(OC2CCC(C)(C)CC2)n1. The minimum Gasteiger partial charge on any atom is -0.461 e. The van der Waals surface area contributed by atoms with Crippen LogP contribution in [0.15, 0.2) is 0 Å². The van der Waals surface area contributed by atoms with Crippen LogP contribution in [0.5, 0.6) is 12.0 Å². The van der Waals surface area contributed by atoms with E-state index < -0.39 is 0 Å². The number of hydrogen-bond acceptors (Lipinski definition) is 6. The predicted molar refractivity (Wildman–Crippen MR) is 76.7 cm³/mol. The van der Waals surface area contributed by atoms with Crippen LogP contribution in [0.1, 0.15) is 53.4 Å². The summed E-state index contributed by atoms with van der Waals surface area (Å²) >= 11 is 0. The molecule has 6 nitrogen and oxygen atoms in total. The molecule has 2 rings (SSSR count). The molecule has 0 atom stereocenters. The number of rotatable bonds is 4. The summed E-state index contributed by atoms with van der Waals surface area (Å²) in [5, 5.41) is 0. The van der Waals surface area contributed by atoms with Gasteiger partial charge in [0.2, 0.25) is 5.95 Å². The van der Waals surface area contributed by atoms with E-state index in [1.807, 2.05) is 13.8 Å². The first-order valence-electron chi connectivity index (χ1n) is 7.19. The maximum atomic E-state index is 5.83. The molecule has 112 valence electrons. The van der Waals surface area contributed by atoms with Gasteiger partial charge in [0.1, 0.15) is 6.10 Å². The lowest BCUT2D eigenvalue weighted by atomic mass is 9.76. The Balaban J connectivity index is 2.00. The van der Waals surface area contributed by atoms with Crippen molar-refractivity contribution in [2.75, 3.05) is 5.73 Å². The number of hydrogen-bond donors (Lipinski definition) is 1. The smallest absolute Gasteiger partial charge is 0.324 e. The van der Waals surface area contributed by atoms with Crippen LogP contribution in [0.3, 0.4) is 0 Å². The molecule has 1 aliphatic carbocycles. The van der Waals surface area contributed by atoms with Crippen LogP contribution in [0, 0.1) is 5.41 Å². The van der Waals surface area contributed by atoms with Gasteiger partial charge in [-0.3, -0.25) is 0 Å². The van der Waals surface area contributed by atoms with Crippen LogP contribution < -0.4 is 15.2 Å². The van der Waals surface area contributed by atoms with Crippen molar-refractivity contribution in [1.82, 2.24) is 15.0 Å². The third kappa shape index (κ3) is 4.21. The summed E-state index contributed by atoms with van der Waals surface area (Å²) in [4.78, 5) is 12.1. The molecule has 0 aliphatic heterocycles. The van der Waals surface area contributed by atoms with Gasteiger partial charge in [-0.1, -0.05) is 13.8 Å². The number of aromatic nitrogens is 3. The molecule has 0 saturated heterocycles. The molecular formula is C14H24N4O2. The monoisotopic (exact) mass is 280 g/mol. The van der Waals surface area contributed by atoms with E-state index in [1.54, 1.807) is 0 Å². The van der Waals surface area contributed by atoms with Crippen molar-refractivity contribution in [2.45, 2.75) is 65.6 Å². The first kappa shape index (κ1) is 14.8. The second-order valence-electron chi connectivity index (χ2n) is 6.41. The highest BCUT2D eigenvalue weighted by Gasteiger charge is 2.28. The van der Waals surface area contributed by atoms with Gasteiger partial charge in [0.25, 0.3) is 0 Å². The Kier molecular flexibility index (Phi) is 4.30. The third-order valence-corrected chi connectivity index (χ3v) is 3.51. The fourth-order valence-corrected chi connectivity index (χ4v) is 2.31. The second kappa shape index (κ2) is 5.81. The normalized spacial score (nSPS) is 19.1. The van der Waals surface area contributed by atoms with Gasteiger partial charge in [-0.15, -0.1) is 4.98 Å². The highest BCUT2D eigenvalue weighted by molar-refractivity contribution is 5.20. The van der Waals surface area contributed by atoms with Crippen molar-refractivity contribution >= 4 is 5.95 Å². The van der Waals surface area contributed by atoms with Crippen LogP contribution in [-0.2, 0) is 0 Å². The third-order valence-electron chi connectivity index (χ3n) is 3.51. The Morgan fingerprint density at radius 2 is 1.70 bits per heavy atom. The molecule has 0 bridgehead atoms. The molecule has 0 spiro atoms. The Hall–Kier alpha value is -1.59. The lowest BCUT2D eigenvalue weighted by Crippen LogP contribution is -2.29. The van der Waals surface area contributed by atoms with Crippen molar-refractivity contribution in [2.24, 2.45) is 5.41 Å². The zero-order valence-corrected chi connectivity index (χ0v) is 12.7. The van der Waals surface area contributed by atoms with Gasteiger partial charge in [-0.05, 0) is 44.9 Å². The molecule has 1 aromatic heterocycles. The fraction of sp³-hybridized carbons (Fsp3) is 0.786. The standard InChI is InChI=1S/C14H24N4O2/c1-9(2)19-12-16-11(15)17-13(18-12)20-10-5-7-14(3,4)8-6-10/h9-10H,5-8H2,1-4H3,(H2,15,16,17,18). The summed E-state index contributed by atoms with van der Waals surface area (Å²) in [6.07, 6.45) is 4.45. The Labute approximate surface area is 120 Å². The van der Waals surface area contributed by atoms with Gasteiger partial charge >= 0.3 is 12.0 Å². The largest absolute Gasteiger partial charge is 0.461 e. The average molecular weight is 280 g/mol. The summed E-state index contributed by atoms with van der Waals surface area (Å²) in [6.45, 7) is 8.39. The lowest BCUT2D eigenvalue weighted by molar-refractivity contribution is 0.0889. The zero-order valence-electron chi connectivity index (χ0n) is 12.7. The van der Waals surface area contributed by atoms with E-state index >= 15 is 0 Å². The molecule has 0 radical (unpaired) electrons. The second-order valence-corrected chi connectivity index (χ2v) is 6.41. The summed E-state index contributed by atoms with van der Waals surface area (Å²) in [7, 11) is 0. The topological polar surface area (TPSA) is 83.2 Å². The van der Waals surface area contributed by atoms with Gasteiger partial charge in [-0.2, -0.15) is 9.97 Å².